The van der Waals surface area contributed by atoms with Crippen molar-refractivity contribution in [3.05, 3.63) is 72.2 Å². The van der Waals surface area contributed by atoms with E-state index in [2.05, 4.69) is 20.6 Å². The summed E-state index contributed by atoms with van der Waals surface area (Å²) in [6, 6.07) is 13.2. The molecule has 0 fully saturated rings. The summed E-state index contributed by atoms with van der Waals surface area (Å²) in [6.07, 6.45) is 4.96. The molecule has 0 aliphatic carbocycles. The van der Waals surface area contributed by atoms with E-state index in [1.54, 1.807) is 40.8 Å². The van der Waals surface area contributed by atoms with Crippen LogP contribution in [0.3, 0.4) is 0 Å². The summed E-state index contributed by atoms with van der Waals surface area (Å²) in [5.74, 6) is -0.0206. The van der Waals surface area contributed by atoms with Crippen molar-refractivity contribution in [2.24, 2.45) is 0 Å². The number of H-pyrrole nitrogens is 1. The summed E-state index contributed by atoms with van der Waals surface area (Å²) >= 11 is 1.54. The number of benzene rings is 2. The third-order valence-corrected chi connectivity index (χ3v) is 6.44. The molecule has 3 heterocycles. The molecule has 0 saturated carbocycles. The maximum atomic E-state index is 13.0. The van der Waals surface area contributed by atoms with Crippen LogP contribution in [0.5, 0.6) is 0 Å². The lowest BCUT2D eigenvalue weighted by atomic mass is 10.2. The second kappa shape index (κ2) is 7.92. The van der Waals surface area contributed by atoms with Crippen LogP contribution in [0.15, 0.2) is 66.0 Å². The third kappa shape index (κ3) is 3.79. The van der Waals surface area contributed by atoms with Crippen molar-refractivity contribution in [2.75, 3.05) is 17.7 Å². The topological polar surface area (TPSA) is 95.9 Å². The zero-order valence-corrected chi connectivity index (χ0v) is 17.6. The zero-order valence-electron chi connectivity index (χ0n) is 16.8. The Labute approximate surface area is 182 Å². The highest BCUT2D eigenvalue weighted by Gasteiger charge is 2.30. The normalized spacial score (nSPS) is 16.2. The van der Waals surface area contributed by atoms with Gasteiger partial charge in [-0.2, -0.15) is 10.2 Å². The summed E-state index contributed by atoms with van der Waals surface area (Å²) in [5.41, 5.74) is 3.26. The molecule has 0 unspecified atom stereocenters. The molecule has 0 bridgehead atoms. The Morgan fingerprint density at radius 2 is 2.10 bits per heavy atom. The molecule has 2 aromatic heterocycles. The first kappa shape index (κ1) is 19.4. The quantitative estimate of drug-likeness (QED) is 0.517. The predicted molar refractivity (Wildman–Crippen MR) is 119 cm³/mol. The van der Waals surface area contributed by atoms with Crippen LogP contribution in [-0.2, 0) is 11.3 Å². The predicted octanol–water partition coefficient (Wildman–Crippen LogP) is 2.67. The molecule has 2 aromatic carbocycles. The molecular weight excluding hydrogens is 412 g/mol. The number of rotatable bonds is 4. The first-order valence-corrected chi connectivity index (χ1v) is 10.8. The van der Waals surface area contributed by atoms with Crippen molar-refractivity contribution in [2.45, 2.75) is 17.5 Å². The van der Waals surface area contributed by atoms with Crippen molar-refractivity contribution in [3.63, 3.8) is 0 Å². The van der Waals surface area contributed by atoms with E-state index in [0.29, 0.717) is 17.9 Å². The highest BCUT2D eigenvalue weighted by Crippen LogP contribution is 2.36. The van der Waals surface area contributed by atoms with E-state index in [9.17, 15) is 9.59 Å². The van der Waals surface area contributed by atoms with E-state index in [0.717, 1.165) is 27.0 Å². The Hall–Kier alpha value is -3.59. The van der Waals surface area contributed by atoms with Gasteiger partial charge in [0.2, 0.25) is 5.91 Å². The van der Waals surface area contributed by atoms with Gasteiger partial charge in [0.25, 0.3) is 5.91 Å². The SMILES string of the molecule is CN1C(=O)[C@@H](NC(=O)c2cnn(Cc3ccccc3)c2)CSc2cc3[nH]ncc3cc21. The first-order valence-electron chi connectivity index (χ1n) is 9.83. The lowest BCUT2D eigenvalue weighted by Gasteiger charge is -2.21. The van der Waals surface area contributed by atoms with Crippen LogP contribution in [0, 0.1) is 0 Å². The first-order chi connectivity index (χ1) is 15.1. The largest absolute Gasteiger partial charge is 0.339 e. The molecular formula is C22H20N6O2S. The van der Waals surface area contributed by atoms with Crippen LogP contribution in [0.25, 0.3) is 10.9 Å². The van der Waals surface area contributed by atoms with Gasteiger partial charge in [0, 0.05) is 29.3 Å². The van der Waals surface area contributed by atoms with Crippen LogP contribution in [0.2, 0.25) is 0 Å². The fraction of sp³-hybridized carbons (Fsp3) is 0.182. The third-order valence-electron chi connectivity index (χ3n) is 5.30. The number of fused-ring (bicyclic) bond motifs is 2. The minimum absolute atomic E-state index is 0.154. The number of likely N-dealkylation sites (N-methyl/N-ethyl adjacent to an activating group) is 1. The maximum Gasteiger partial charge on any atom is 0.255 e. The van der Waals surface area contributed by atoms with Crippen LogP contribution in [0.1, 0.15) is 15.9 Å². The fourth-order valence-electron chi connectivity index (χ4n) is 3.62. The summed E-state index contributed by atoms with van der Waals surface area (Å²) in [6.45, 7) is 0.576. The van der Waals surface area contributed by atoms with E-state index < -0.39 is 6.04 Å². The van der Waals surface area contributed by atoms with Crippen molar-refractivity contribution in [1.82, 2.24) is 25.3 Å². The van der Waals surface area contributed by atoms with Crippen LogP contribution >= 0.6 is 11.8 Å². The molecule has 1 aliphatic heterocycles. The van der Waals surface area contributed by atoms with Crippen molar-refractivity contribution in [1.29, 1.82) is 0 Å². The molecule has 4 aromatic rings. The smallest absolute Gasteiger partial charge is 0.255 e. The van der Waals surface area contributed by atoms with Gasteiger partial charge in [-0.1, -0.05) is 30.3 Å². The average molecular weight is 433 g/mol. The number of aromatic amines is 1. The number of hydrogen-bond donors (Lipinski definition) is 2. The molecule has 9 heteroatoms. The van der Waals surface area contributed by atoms with Crippen LogP contribution < -0.4 is 10.2 Å². The summed E-state index contributed by atoms with van der Waals surface area (Å²) in [7, 11) is 1.73. The molecule has 0 saturated heterocycles. The Balaban J connectivity index is 1.31. The zero-order chi connectivity index (χ0) is 21.4. The molecule has 1 atom stereocenters. The second-order valence-corrected chi connectivity index (χ2v) is 8.49. The number of anilines is 1. The van der Waals surface area contributed by atoms with Crippen LogP contribution in [-0.4, -0.2) is 50.6 Å². The van der Waals surface area contributed by atoms with Crippen molar-refractivity contribution in [3.8, 4) is 0 Å². The Morgan fingerprint density at radius 1 is 1.26 bits per heavy atom. The van der Waals surface area contributed by atoms with E-state index in [4.69, 9.17) is 0 Å². The number of hydrogen-bond acceptors (Lipinski definition) is 5. The lowest BCUT2D eigenvalue weighted by Crippen LogP contribution is -2.48. The number of nitrogens with zero attached hydrogens (tertiary/aromatic N) is 4. The second-order valence-electron chi connectivity index (χ2n) is 7.42. The molecule has 31 heavy (non-hydrogen) atoms. The van der Waals surface area contributed by atoms with Gasteiger partial charge in [-0.3, -0.25) is 19.4 Å². The molecule has 0 spiro atoms. The Morgan fingerprint density at radius 3 is 2.94 bits per heavy atom. The number of thioether (sulfide) groups is 1. The van der Waals surface area contributed by atoms with E-state index in [-0.39, 0.29) is 11.8 Å². The van der Waals surface area contributed by atoms with Crippen molar-refractivity contribution < 1.29 is 9.59 Å². The van der Waals surface area contributed by atoms with Gasteiger partial charge in [-0.05, 0) is 17.7 Å². The van der Waals surface area contributed by atoms with Gasteiger partial charge in [0.15, 0.2) is 0 Å². The monoisotopic (exact) mass is 432 g/mol. The van der Waals surface area contributed by atoms with Gasteiger partial charge in [-0.25, -0.2) is 0 Å². The lowest BCUT2D eigenvalue weighted by molar-refractivity contribution is -0.119. The van der Waals surface area contributed by atoms with Gasteiger partial charge in [0.1, 0.15) is 6.04 Å². The molecule has 8 nitrogen and oxygen atoms in total. The fourth-order valence-corrected chi connectivity index (χ4v) is 4.73. The van der Waals surface area contributed by atoms with E-state index in [1.807, 2.05) is 42.5 Å². The minimum atomic E-state index is -0.635. The number of carbonyl (C=O) groups is 2. The average Bonchev–Trinajstić information content (AvgIpc) is 3.42. The number of carbonyl (C=O) groups excluding carboxylic acids is 2. The molecule has 0 radical (unpaired) electrons. The Bertz CT molecular complexity index is 1270. The van der Waals surface area contributed by atoms with Gasteiger partial charge < -0.3 is 10.2 Å². The Kier molecular flexibility index (Phi) is 4.95. The summed E-state index contributed by atoms with van der Waals surface area (Å²) in [4.78, 5) is 28.4. The van der Waals surface area contributed by atoms with Gasteiger partial charge in [-0.15, -0.1) is 11.8 Å². The molecule has 2 N–H and O–H groups in total. The number of nitrogens with one attached hydrogen (secondary N) is 2. The summed E-state index contributed by atoms with van der Waals surface area (Å²) < 4.78 is 1.71. The molecule has 1 aliphatic rings. The highest BCUT2D eigenvalue weighted by atomic mass is 32.2. The van der Waals surface area contributed by atoms with E-state index in [1.165, 1.54) is 6.20 Å². The standard InChI is InChI=1S/C22H20N6O2S/c1-27-19-7-15-9-23-26-17(15)8-20(19)31-13-18(22(27)30)25-21(29)16-10-24-28(12-16)11-14-5-3-2-4-6-14/h2-10,12,18H,11,13H2,1H3,(H,23,26)(H,25,29)/t18-/m0/s1. The highest BCUT2D eigenvalue weighted by molar-refractivity contribution is 7.99. The molecule has 156 valence electrons. The van der Waals surface area contributed by atoms with Crippen molar-refractivity contribution >= 4 is 40.2 Å². The summed E-state index contributed by atoms with van der Waals surface area (Å²) in [5, 5.41) is 15.1. The number of amides is 2. The maximum absolute atomic E-state index is 13.0. The number of aromatic nitrogens is 4. The van der Waals surface area contributed by atoms with E-state index >= 15 is 0 Å². The van der Waals surface area contributed by atoms with Gasteiger partial charge in [0.05, 0.1) is 35.7 Å². The van der Waals surface area contributed by atoms with Gasteiger partial charge >= 0.3 is 0 Å². The molecule has 2 amide bonds. The molecule has 5 rings (SSSR count). The minimum Gasteiger partial charge on any atom is -0.339 e. The van der Waals surface area contributed by atoms with Crippen LogP contribution in [0.4, 0.5) is 5.69 Å².